The zero-order valence-electron chi connectivity index (χ0n) is 13.3. The lowest BCUT2D eigenvalue weighted by molar-refractivity contribution is -0.120. The van der Waals surface area contributed by atoms with Crippen LogP contribution in [-0.4, -0.2) is 51.8 Å². The summed E-state index contributed by atoms with van der Waals surface area (Å²) in [7, 11) is 2.78. The van der Waals surface area contributed by atoms with Gasteiger partial charge in [0.05, 0.1) is 17.9 Å². The normalized spacial score (nSPS) is 10.0. The van der Waals surface area contributed by atoms with E-state index in [1.165, 1.54) is 32.4 Å². The third-order valence-electron chi connectivity index (χ3n) is 2.62. The van der Waals surface area contributed by atoms with Crippen molar-refractivity contribution in [3.63, 3.8) is 0 Å². The molecule has 0 saturated heterocycles. The van der Waals surface area contributed by atoms with E-state index in [4.69, 9.17) is 14.2 Å². The second-order valence-electron chi connectivity index (χ2n) is 4.44. The number of benzene rings is 1. The van der Waals surface area contributed by atoms with Crippen LogP contribution in [0.1, 0.15) is 17.3 Å². The minimum atomic E-state index is -0.574. The van der Waals surface area contributed by atoms with E-state index < -0.39 is 11.9 Å². The Hall–Kier alpha value is -2.45. The molecule has 2 amide bonds. The number of nitrogens with one attached hydrogen (secondary N) is 2. The number of amides is 2. The average Bonchev–Trinajstić information content (AvgIpc) is 2.48. The van der Waals surface area contributed by atoms with Crippen molar-refractivity contribution in [3.8, 4) is 0 Å². The van der Waals surface area contributed by atoms with Crippen LogP contribution in [0, 0.1) is 0 Å². The molecular formula is C15H20N2O6. The van der Waals surface area contributed by atoms with Gasteiger partial charge in [0.25, 0.3) is 0 Å². The molecule has 0 aliphatic rings. The third-order valence-corrected chi connectivity index (χ3v) is 2.62. The van der Waals surface area contributed by atoms with E-state index >= 15 is 0 Å². The minimum absolute atomic E-state index is 0.106. The van der Waals surface area contributed by atoms with E-state index in [1.54, 1.807) is 6.92 Å². The number of ether oxygens (including phenoxy) is 3. The molecule has 0 aromatic heterocycles. The van der Waals surface area contributed by atoms with Crippen molar-refractivity contribution in [1.82, 2.24) is 0 Å². The maximum atomic E-state index is 11.9. The maximum Gasteiger partial charge on any atom is 0.340 e. The van der Waals surface area contributed by atoms with Crippen molar-refractivity contribution in [1.29, 1.82) is 0 Å². The summed E-state index contributed by atoms with van der Waals surface area (Å²) in [5.41, 5.74) is 0.814. The van der Waals surface area contributed by atoms with Crippen LogP contribution in [0.5, 0.6) is 0 Å². The molecule has 0 saturated carbocycles. The number of carbonyl (C=O) groups excluding carboxylic acids is 3. The smallest absolute Gasteiger partial charge is 0.340 e. The molecule has 2 N–H and O–H groups in total. The lowest BCUT2D eigenvalue weighted by Gasteiger charge is -2.13. The van der Waals surface area contributed by atoms with Gasteiger partial charge in [-0.25, -0.2) is 4.79 Å². The molecule has 0 heterocycles. The van der Waals surface area contributed by atoms with Gasteiger partial charge in [-0.05, 0) is 25.1 Å². The van der Waals surface area contributed by atoms with Crippen molar-refractivity contribution in [2.24, 2.45) is 0 Å². The Morgan fingerprint density at radius 1 is 1.00 bits per heavy atom. The molecule has 0 bridgehead atoms. The van der Waals surface area contributed by atoms with Gasteiger partial charge in [-0.1, -0.05) is 0 Å². The van der Waals surface area contributed by atoms with Gasteiger partial charge in [-0.2, -0.15) is 0 Å². The van der Waals surface area contributed by atoms with E-state index in [-0.39, 0.29) is 37.0 Å². The predicted molar refractivity (Wildman–Crippen MR) is 83.4 cm³/mol. The zero-order chi connectivity index (χ0) is 17.2. The first-order valence-corrected chi connectivity index (χ1v) is 6.90. The molecular weight excluding hydrogens is 304 g/mol. The summed E-state index contributed by atoms with van der Waals surface area (Å²) < 4.78 is 14.4. The van der Waals surface area contributed by atoms with Gasteiger partial charge in [0, 0.05) is 19.9 Å². The second kappa shape index (κ2) is 9.54. The van der Waals surface area contributed by atoms with Crippen molar-refractivity contribution < 1.29 is 28.6 Å². The van der Waals surface area contributed by atoms with E-state index in [9.17, 15) is 14.4 Å². The number of carbonyl (C=O) groups is 3. The van der Waals surface area contributed by atoms with E-state index in [0.29, 0.717) is 5.69 Å². The maximum absolute atomic E-state index is 11.9. The molecule has 8 nitrogen and oxygen atoms in total. The Bertz CT molecular complexity index is 573. The monoisotopic (exact) mass is 324 g/mol. The van der Waals surface area contributed by atoms with Gasteiger partial charge in [0.2, 0.25) is 11.8 Å². The highest BCUT2D eigenvalue weighted by molar-refractivity contribution is 6.03. The highest BCUT2D eigenvalue weighted by atomic mass is 16.5. The van der Waals surface area contributed by atoms with Crippen LogP contribution >= 0.6 is 0 Å². The van der Waals surface area contributed by atoms with Crippen LogP contribution in [0.4, 0.5) is 11.4 Å². The predicted octanol–water partition coefficient (Wildman–Crippen LogP) is 1.03. The van der Waals surface area contributed by atoms with Gasteiger partial charge in [0.15, 0.2) is 0 Å². The first kappa shape index (κ1) is 18.6. The van der Waals surface area contributed by atoms with Crippen LogP contribution in [0.2, 0.25) is 0 Å². The van der Waals surface area contributed by atoms with Crippen molar-refractivity contribution >= 4 is 29.2 Å². The van der Waals surface area contributed by atoms with Crippen LogP contribution in [0.25, 0.3) is 0 Å². The molecule has 1 aromatic carbocycles. The van der Waals surface area contributed by atoms with E-state index in [1.807, 2.05) is 0 Å². The summed E-state index contributed by atoms with van der Waals surface area (Å²) in [6, 6.07) is 4.46. The molecule has 0 spiro atoms. The number of anilines is 2. The molecule has 0 aliphatic heterocycles. The zero-order valence-corrected chi connectivity index (χ0v) is 13.3. The van der Waals surface area contributed by atoms with Crippen LogP contribution in [0.15, 0.2) is 18.2 Å². The Morgan fingerprint density at radius 2 is 1.61 bits per heavy atom. The van der Waals surface area contributed by atoms with Crippen molar-refractivity contribution in [3.05, 3.63) is 23.8 Å². The minimum Gasteiger partial charge on any atom is -0.462 e. The molecule has 0 unspecified atom stereocenters. The second-order valence-corrected chi connectivity index (χ2v) is 4.44. The highest BCUT2D eigenvalue weighted by Gasteiger charge is 2.16. The van der Waals surface area contributed by atoms with Crippen LogP contribution in [0.3, 0.4) is 0 Å². The van der Waals surface area contributed by atoms with Crippen molar-refractivity contribution in [2.75, 3.05) is 44.7 Å². The first-order chi connectivity index (χ1) is 11.0. The summed E-state index contributed by atoms with van der Waals surface area (Å²) >= 11 is 0. The molecule has 0 aliphatic carbocycles. The number of rotatable bonds is 8. The Labute approximate surface area is 134 Å². The average molecular weight is 324 g/mol. The van der Waals surface area contributed by atoms with Crippen molar-refractivity contribution in [2.45, 2.75) is 6.92 Å². The third kappa shape index (κ3) is 6.05. The summed E-state index contributed by atoms with van der Waals surface area (Å²) in [6.07, 6.45) is 0. The lowest BCUT2D eigenvalue weighted by atomic mass is 10.1. The summed E-state index contributed by atoms with van der Waals surface area (Å²) in [5.74, 6) is -1.36. The van der Waals surface area contributed by atoms with Gasteiger partial charge < -0.3 is 24.8 Å². The Morgan fingerprint density at radius 3 is 2.17 bits per heavy atom. The fraction of sp³-hybridized carbons (Fsp3) is 0.400. The van der Waals surface area contributed by atoms with Gasteiger partial charge in [-0.15, -0.1) is 0 Å². The summed E-state index contributed by atoms with van der Waals surface area (Å²) in [5, 5.41) is 5.14. The first-order valence-electron chi connectivity index (χ1n) is 6.90. The Kier molecular flexibility index (Phi) is 7.72. The highest BCUT2D eigenvalue weighted by Crippen LogP contribution is 2.22. The SMILES string of the molecule is CCOC(=O)c1ccc(NC(=O)COC)cc1NC(=O)COC. The standard InChI is InChI=1S/C15H20N2O6/c1-4-23-15(20)11-6-5-10(16-13(18)8-21-2)7-12(11)17-14(19)9-22-3/h5-7H,4,8-9H2,1-3H3,(H,16,18)(H,17,19). The van der Waals surface area contributed by atoms with Gasteiger partial charge >= 0.3 is 5.97 Å². The molecule has 0 atom stereocenters. The quantitative estimate of drug-likeness (QED) is 0.692. The molecule has 8 heteroatoms. The Balaban J connectivity index is 3.03. The fourth-order valence-corrected chi connectivity index (χ4v) is 1.76. The molecule has 0 radical (unpaired) electrons. The number of hydrogen-bond donors (Lipinski definition) is 2. The topological polar surface area (TPSA) is 103 Å². The molecule has 23 heavy (non-hydrogen) atoms. The van der Waals surface area contributed by atoms with Gasteiger partial charge in [-0.3, -0.25) is 9.59 Å². The largest absolute Gasteiger partial charge is 0.462 e. The molecule has 126 valence electrons. The molecule has 1 rings (SSSR count). The fourth-order valence-electron chi connectivity index (χ4n) is 1.76. The van der Waals surface area contributed by atoms with Gasteiger partial charge in [0.1, 0.15) is 13.2 Å². The molecule has 0 fully saturated rings. The van der Waals surface area contributed by atoms with E-state index in [2.05, 4.69) is 10.6 Å². The van der Waals surface area contributed by atoms with Crippen LogP contribution in [-0.2, 0) is 23.8 Å². The summed E-state index contributed by atoms with van der Waals surface area (Å²) in [6.45, 7) is 1.62. The van der Waals surface area contributed by atoms with E-state index in [0.717, 1.165) is 0 Å². The molecule has 1 aromatic rings. The number of methoxy groups -OCH3 is 2. The lowest BCUT2D eigenvalue weighted by Crippen LogP contribution is -2.21. The number of hydrogen-bond acceptors (Lipinski definition) is 6. The number of esters is 1. The van der Waals surface area contributed by atoms with Crippen LogP contribution < -0.4 is 10.6 Å². The summed E-state index contributed by atoms with van der Waals surface area (Å²) in [4.78, 5) is 35.1.